The molecule has 1 aliphatic heterocycles. The highest BCUT2D eigenvalue weighted by Crippen LogP contribution is 2.08. The standard InChI is InChI=1S/C18H31N3O3/c1-4-14(2)20-18(19-9-7-16-6-5-10-23-16)21-15(3)12-24-17-8-11-22-13-17/h5-6,10,14-15,17H,4,7-9,11-13H2,1-3H3,(H2,19,20,21). The van der Waals surface area contributed by atoms with Gasteiger partial charge in [-0.2, -0.15) is 0 Å². The fourth-order valence-electron chi connectivity index (χ4n) is 2.40. The van der Waals surface area contributed by atoms with Crippen molar-refractivity contribution in [3.05, 3.63) is 24.2 Å². The minimum Gasteiger partial charge on any atom is -0.469 e. The molecule has 0 spiro atoms. The van der Waals surface area contributed by atoms with E-state index < -0.39 is 0 Å². The van der Waals surface area contributed by atoms with E-state index in [0.717, 1.165) is 37.6 Å². The average molecular weight is 337 g/mol. The second-order valence-corrected chi connectivity index (χ2v) is 6.38. The maximum atomic E-state index is 5.88. The van der Waals surface area contributed by atoms with Gasteiger partial charge in [0.1, 0.15) is 5.76 Å². The molecule has 1 saturated heterocycles. The largest absolute Gasteiger partial charge is 0.469 e. The van der Waals surface area contributed by atoms with Crippen LogP contribution in [0.4, 0.5) is 0 Å². The number of nitrogens with zero attached hydrogens (tertiary/aromatic N) is 1. The van der Waals surface area contributed by atoms with Crippen LogP contribution in [0.5, 0.6) is 0 Å². The SMILES string of the molecule is CCC(C)NC(=NCCc1ccco1)NC(C)COC1CCOC1. The lowest BCUT2D eigenvalue weighted by Gasteiger charge is -2.22. The molecule has 1 aromatic rings. The number of ether oxygens (including phenoxy) is 2. The Labute approximate surface area is 145 Å². The van der Waals surface area contributed by atoms with Crippen molar-refractivity contribution in [2.45, 2.75) is 58.2 Å². The summed E-state index contributed by atoms with van der Waals surface area (Å²) < 4.78 is 16.6. The van der Waals surface area contributed by atoms with Crippen LogP contribution in [-0.4, -0.2) is 50.5 Å². The molecule has 1 aromatic heterocycles. The molecule has 6 nitrogen and oxygen atoms in total. The topological polar surface area (TPSA) is 68.0 Å². The number of guanidine groups is 1. The molecule has 0 saturated carbocycles. The number of rotatable bonds is 9. The van der Waals surface area contributed by atoms with Crippen LogP contribution in [0.3, 0.4) is 0 Å². The monoisotopic (exact) mass is 337 g/mol. The molecule has 6 heteroatoms. The van der Waals surface area contributed by atoms with E-state index in [9.17, 15) is 0 Å². The lowest BCUT2D eigenvalue weighted by Crippen LogP contribution is -2.47. The zero-order valence-corrected chi connectivity index (χ0v) is 15.1. The predicted octanol–water partition coefficient (Wildman–Crippen LogP) is 2.35. The first-order chi connectivity index (χ1) is 11.7. The molecule has 2 heterocycles. The van der Waals surface area contributed by atoms with E-state index >= 15 is 0 Å². The number of aliphatic imine (C=N–C) groups is 1. The molecule has 3 unspecified atom stereocenters. The van der Waals surface area contributed by atoms with Crippen molar-refractivity contribution in [3.63, 3.8) is 0 Å². The molecule has 2 N–H and O–H groups in total. The van der Waals surface area contributed by atoms with Crippen LogP contribution in [0, 0.1) is 0 Å². The highest BCUT2D eigenvalue weighted by molar-refractivity contribution is 5.80. The third-order valence-corrected chi connectivity index (χ3v) is 4.06. The van der Waals surface area contributed by atoms with Crippen LogP contribution >= 0.6 is 0 Å². The van der Waals surface area contributed by atoms with Crippen LogP contribution in [0.15, 0.2) is 27.8 Å². The summed E-state index contributed by atoms with van der Waals surface area (Å²) in [5, 5.41) is 6.86. The Morgan fingerprint density at radius 2 is 2.21 bits per heavy atom. The molecule has 2 rings (SSSR count). The van der Waals surface area contributed by atoms with Gasteiger partial charge in [0.25, 0.3) is 0 Å². The van der Waals surface area contributed by atoms with Crippen LogP contribution in [0.25, 0.3) is 0 Å². The normalized spacial score (nSPS) is 20.8. The van der Waals surface area contributed by atoms with Crippen molar-refractivity contribution in [2.24, 2.45) is 4.99 Å². The molecule has 0 amide bonds. The van der Waals surface area contributed by atoms with E-state index in [1.54, 1.807) is 6.26 Å². The number of furan rings is 1. The molecule has 0 radical (unpaired) electrons. The van der Waals surface area contributed by atoms with Crippen molar-refractivity contribution in [1.82, 2.24) is 10.6 Å². The molecule has 1 fully saturated rings. The zero-order chi connectivity index (χ0) is 17.2. The van der Waals surface area contributed by atoms with E-state index in [1.165, 1.54) is 0 Å². The molecule has 1 aliphatic rings. The Kier molecular flexibility index (Phi) is 8.12. The van der Waals surface area contributed by atoms with Crippen molar-refractivity contribution >= 4 is 5.96 Å². The van der Waals surface area contributed by atoms with Crippen LogP contribution in [-0.2, 0) is 15.9 Å². The highest BCUT2D eigenvalue weighted by atomic mass is 16.5. The van der Waals surface area contributed by atoms with Gasteiger partial charge in [-0.3, -0.25) is 4.99 Å². The Balaban J connectivity index is 1.79. The van der Waals surface area contributed by atoms with Crippen molar-refractivity contribution in [1.29, 1.82) is 0 Å². The summed E-state index contributed by atoms with van der Waals surface area (Å²) in [7, 11) is 0. The fourth-order valence-corrected chi connectivity index (χ4v) is 2.40. The molecule has 136 valence electrons. The molecule has 3 atom stereocenters. The maximum absolute atomic E-state index is 5.88. The quantitative estimate of drug-likeness (QED) is 0.535. The lowest BCUT2D eigenvalue weighted by molar-refractivity contribution is 0.0347. The van der Waals surface area contributed by atoms with Crippen molar-refractivity contribution in [2.75, 3.05) is 26.4 Å². The molecule has 0 bridgehead atoms. The minimum absolute atomic E-state index is 0.185. The molecule has 0 aromatic carbocycles. The summed E-state index contributed by atoms with van der Waals surface area (Å²) >= 11 is 0. The first-order valence-electron chi connectivity index (χ1n) is 8.96. The third kappa shape index (κ3) is 6.93. The fraction of sp³-hybridized carbons (Fsp3) is 0.722. The predicted molar refractivity (Wildman–Crippen MR) is 95.4 cm³/mol. The average Bonchev–Trinajstić information content (AvgIpc) is 3.26. The zero-order valence-electron chi connectivity index (χ0n) is 15.1. The van der Waals surface area contributed by atoms with Crippen LogP contribution in [0.2, 0.25) is 0 Å². The Hall–Kier alpha value is -1.53. The van der Waals surface area contributed by atoms with Gasteiger partial charge in [0.2, 0.25) is 0 Å². The second kappa shape index (κ2) is 10.4. The van der Waals surface area contributed by atoms with Crippen molar-refractivity contribution in [3.8, 4) is 0 Å². The van der Waals surface area contributed by atoms with E-state index in [0.29, 0.717) is 25.8 Å². The van der Waals surface area contributed by atoms with Gasteiger partial charge in [-0.15, -0.1) is 0 Å². The summed E-state index contributed by atoms with van der Waals surface area (Å²) in [6.45, 7) is 9.27. The molecule has 0 aliphatic carbocycles. The molecular formula is C18H31N3O3. The first-order valence-corrected chi connectivity index (χ1v) is 8.96. The Morgan fingerprint density at radius 3 is 2.88 bits per heavy atom. The smallest absolute Gasteiger partial charge is 0.191 e. The van der Waals surface area contributed by atoms with Crippen LogP contribution in [0.1, 0.15) is 39.4 Å². The third-order valence-electron chi connectivity index (χ3n) is 4.06. The number of hydrogen-bond donors (Lipinski definition) is 2. The van der Waals surface area contributed by atoms with Gasteiger partial charge in [-0.1, -0.05) is 6.92 Å². The molecule has 24 heavy (non-hydrogen) atoms. The van der Waals surface area contributed by atoms with E-state index in [-0.39, 0.29) is 12.1 Å². The lowest BCUT2D eigenvalue weighted by atomic mass is 10.2. The van der Waals surface area contributed by atoms with E-state index in [2.05, 4.69) is 36.4 Å². The summed E-state index contributed by atoms with van der Waals surface area (Å²) in [6.07, 6.45) is 4.76. The van der Waals surface area contributed by atoms with Crippen molar-refractivity contribution < 1.29 is 13.9 Å². The summed E-state index contributed by atoms with van der Waals surface area (Å²) in [6, 6.07) is 4.44. The maximum Gasteiger partial charge on any atom is 0.191 e. The summed E-state index contributed by atoms with van der Waals surface area (Å²) in [5.41, 5.74) is 0. The van der Waals surface area contributed by atoms with Gasteiger partial charge in [-0.05, 0) is 38.8 Å². The minimum atomic E-state index is 0.185. The van der Waals surface area contributed by atoms with Gasteiger partial charge < -0.3 is 24.5 Å². The Bertz CT molecular complexity index is 470. The van der Waals surface area contributed by atoms with Crippen LogP contribution < -0.4 is 10.6 Å². The number of nitrogens with one attached hydrogen (secondary N) is 2. The van der Waals surface area contributed by atoms with Gasteiger partial charge in [-0.25, -0.2) is 0 Å². The molecular weight excluding hydrogens is 306 g/mol. The highest BCUT2D eigenvalue weighted by Gasteiger charge is 2.17. The second-order valence-electron chi connectivity index (χ2n) is 6.38. The Morgan fingerprint density at radius 1 is 1.38 bits per heavy atom. The summed E-state index contributed by atoms with van der Waals surface area (Å²) in [4.78, 5) is 4.66. The van der Waals surface area contributed by atoms with Gasteiger partial charge >= 0.3 is 0 Å². The van der Waals surface area contributed by atoms with E-state index in [1.807, 2.05) is 12.1 Å². The summed E-state index contributed by atoms with van der Waals surface area (Å²) in [5.74, 6) is 1.79. The van der Waals surface area contributed by atoms with Gasteiger partial charge in [0.15, 0.2) is 5.96 Å². The first kappa shape index (κ1) is 18.8. The number of hydrogen-bond acceptors (Lipinski definition) is 4. The van der Waals surface area contributed by atoms with Gasteiger partial charge in [0.05, 0.1) is 25.6 Å². The van der Waals surface area contributed by atoms with E-state index in [4.69, 9.17) is 13.9 Å². The van der Waals surface area contributed by atoms with Gasteiger partial charge in [0, 0.05) is 31.7 Å².